The molecule has 0 bridgehead atoms. The van der Waals surface area contributed by atoms with Gasteiger partial charge >= 0.3 is 0 Å². The van der Waals surface area contributed by atoms with E-state index < -0.39 is 0 Å². The summed E-state index contributed by atoms with van der Waals surface area (Å²) in [5.74, 6) is 0.974. The van der Waals surface area contributed by atoms with Gasteiger partial charge in [0.1, 0.15) is 0 Å². The molecule has 2 aliphatic rings. The lowest BCUT2D eigenvalue weighted by Crippen LogP contribution is -2.26. The number of nitrogens with zero attached hydrogens (tertiary/aromatic N) is 1. The average molecular weight is 196 g/mol. The molecule has 2 nitrogen and oxygen atoms in total. The highest BCUT2D eigenvalue weighted by Gasteiger charge is 2.30. The molecule has 1 aliphatic heterocycles. The van der Waals surface area contributed by atoms with Crippen LogP contribution in [0.5, 0.6) is 0 Å². The molecule has 1 aliphatic carbocycles. The van der Waals surface area contributed by atoms with Gasteiger partial charge in [0.2, 0.25) is 0 Å². The number of likely N-dealkylation sites (tertiary alicyclic amines) is 1. The van der Waals surface area contributed by atoms with E-state index in [-0.39, 0.29) is 0 Å². The van der Waals surface area contributed by atoms with Crippen molar-refractivity contribution in [2.24, 2.45) is 11.7 Å². The van der Waals surface area contributed by atoms with E-state index in [0.29, 0.717) is 0 Å². The fourth-order valence-electron chi connectivity index (χ4n) is 2.69. The Labute approximate surface area is 87.8 Å². The number of hydrogen-bond donors (Lipinski definition) is 1. The largest absolute Gasteiger partial charge is 0.330 e. The second kappa shape index (κ2) is 5.13. The second-order valence-electron chi connectivity index (χ2n) is 4.99. The van der Waals surface area contributed by atoms with Gasteiger partial charge in [-0.3, -0.25) is 0 Å². The van der Waals surface area contributed by atoms with Gasteiger partial charge in [0.25, 0.3) is 0 Å². The Bertz CT molecular complexity index is 166. The van der Waals surface area contributed by atoms with E-state index >= 15 is 0 Å². The maximum atomic E-state index is 5.56. The molecule has 1 heterocycles. The lowest BCUT2D eigenvalue weighted by Gasteiger charge is -2.19. The van der Waals surface area contributed by atoms with Crippen molar-refractivity contribution in [3.05, 3.63) is 0 Å². The van der Waals surface area contributed by atoms with Crippen molar-refractivity contribution in [1.29, 1.82) is 0 Å². The molecule has 1 atom stereocenters. The lowest BCUT2D eigenvalue weighted by molar-refractivity contribution is 0.269. The third-order valence-corrected chi connectivity index (χ3v) is 3.76. The first-order valence-electron chi connectivity index (χ1n) is 6.34. The highest BCUT2D eigenvalue weighted by Crippen LogP contribution is 2.31. The zero-order valence-corrected chi connectivity index (χ0v) is 9.25. The Morgan fingerprint density at radius 1 is 1.07 bits per heavy atom. The topological polar surface area (TPSA) is 29.3 Å². The van der Waals surface area contributed by atoms with Crippen LogP contribution in [0.15, 0.2) is 0 Å². The van der Waals surface area contributed by atoms with Crippen LogP contribution >= 0.6 is 0 Å². The van der Waals surface area contributed by atoms with Crippen LogP contribution in [0.2, 0.25) is 0 Å². The first kappa shape index (κ1) is 10.4. The summed E-state index contributed by atoms with van der Waals surface area (Å²) in [6, 6.07) is 0.975. The number of hydrogen-bond acceptors (Lipinski definition) is 2. The Kier molecular flexibility index (Phi) is 3.82. The van der Waals surface area contributed by atoms with Gasteiger partial charge in [-0.15, -0.1) is 0 Å². The second-order valence-corrected chi connectivity index (χ2v) is 4.99. The van der Waals surface area contributed by atoms with Crippen molar-refractivity contribution in [2.45, 2.75) is 51.0 Å². The van der Waals surface area contributed by atoms with Gasteiger partial charge in [0, 0.05) is 6.04 Å². The van der Waals surface area contributed by atoms with Gasteiger partial charge in [-0.1, -0.05) is 0 Å². The molecule has 2 fully saturated rings. The minimum Gasteiger partial charge on any atom is -0.330 e. The molecule has 2 rings (SSSR count). The molecule has 0 spiro atoms. The zero-order valence-electron chi connectivity index (χ0n) is 9.25. The zero-order chi connectivity index (χ0) is 9.80. The summed E-state index contributed by atoms with van der Waals surface area (Å²) < 4.78 is 0. The molecular formula is C12H24N2. The van der Waals surface area contributed by atoms with Gasteiger partial charge in [0.15, 0.2) is 0 Å². The van der Waals surface area contributed by atoms with Crippen LogP contribution in [-0.4, -0.2) is 30.6 Å². The quantitative estimate of drug-likeness (QED) is 0.745. The van der Waals surface area contributed by atoms with E-state index in [1.54, 1.807) is 0 Å². The summed E-state index contributed by atoms with van der Waals surface area (Å²) in [5, 5.41) is 0. The molecule has 0 amide bonds. The maximum absolute atomic E-state index is 5.56. The smallest absolute Gasteiger partial charge is 0.00964 e. The van der Waals surface area contributed by atoms with Crippen LogP contribution in [0.3, 0.4) is 0 Å². The number of rotatable bonds is 4. The van der Waals surface area contributed by atoms with E-state index in [1.807, 2.05) is 0 Å². The van der Waals surface area contributed by atoms with Gasteiger partial charge in [-0.25, -0.2) is 0 Å². The fraction of sp³-hybridized carbons (Fsp3) is 1.00. The van der Waals surface area contributed by atoms with Crippen molar-refractivity contribution in [1.82, 2.24) is 4.90 Å². The Hall–Kier alpha value is -0.0800. The highest BCUT2D eigenvalue weighted by atomic mass is 15.2. The summed E-state index contributed by atoms with van der Waals surface area (Å²) in [7, 11) is 0. The Morgan fingerprint density at radius 3 is 2.64 bits per heavy atom. The van der Waals surface area contributed by atoms with Gasteiger partial charge in [-0.2, -0.15) is 0 Å². The average Bonchev–Trinajstić information content (AvgIpc) is 3.01. The molecule has 0 radical (unpaired) electrons. The van der Waals surface area contributed by atoms with Gasteiger partial charge < -0.3 is 10.6 Å². The van der Waals surface area contributed by atoms with Gasteiger partial charge in [-0.05, 0) is 70.5 Å². The van der Waals surface area contributed by atoms with E-state index in [1.165, 1.54) is 58.0 Å². The molecule has 2 N–H and O–H groups in total. The first-order chi connectivity index (χ1) is 6.90. The van der Waals surface area contributed by atoms with Crippen LogP contribution in [0.4, 0.5) is 0 Å². The summed E-state index contributed by atoms with van der Waals surface area (Å²) in [5.41, 5.74) is 5.56. The summed E-state index contributed by atoms with van der Waals surface area (Å²) >= 11 is 0. The first-order valence-corrected chi connectivity index (χ1v) is 6.34. The molecule has 0 aromatic carbocycles. The predicted octanol–water partition coefficient (Wildman–Crippen LogP) is 1.99. The van der Waals surface area contributed by atoms with Crippen LogP contribution in [0.25, 0.3) is 0 Å². The lowest BCUT2D eigenvalue weighted by atomic mass is 9.95. The molecular weight excluding hydrogens is 172 g/mol. The Morgan fingerprint density at radius 2 is 1.93 bits per heavy atom. The normalized spacial score (nSPS) is 30.2. The van der Waals surface area contributed by atoms with Crippen LogP contribution in [0, 0.1) is 5.92 Å². The SMILES string of the molecule is NCCCC1CCCN(C2CC2)CC1. The molecule has 82 valence electrons. The molecule has 1 saturated carbocycles. The molecule has 0 aromatic rings. The monoisotopic (exact) mass is 196 g/mol. The minimum absolute atomic E-state index is 0.878. The summed E-state index contributed by atoms with van der Waals surface area (Å²) in [6.07, 6.45) is 9.83. The minimum atomic E-state index is 0.878. The van der Waals surface area contributed by atoms with Crippen LogP contribution < -0.4 is 5.73 Å². The Balaban J connectivity index is 1.70. The van der Waals surface area contributed by atoms with E-state index in [0.717, 1.165) is 18.5 Å². The molecule has 1 saturated heterocycles. The third-order valence-electron chi connectivity index (χ3n) is 3.76. The third kappa shape index (κ3) is 2.96. The maximum Gasteiger partial charge on any atom is 0.00964 e. The standard InChI is InChI=1S/C12H24N2/c13-8-1-3-11-4-2-9-14(10-7-11)12-5-6-12/h11-12H,1-10,13H2. The molecule has 0 aromatic heterocycles. The number of nitrogens with two attached hydrogens (primary N) is 1. The highest BCUT2D eigenvalue weighted by molar-refractivity contribution is 4.86. The molecule has 1 unspecified atom stereocenters. The van der Waals surface area contributed by atoms with Crippen molar-refractivity contribution < 1.29 is 0 Å². The van der Waals surface area contributed by atoms with E-state index in [2.05, 4.69) is 4.90 Å². The van der Waals surface area contributed by atoms with Crippen molar-refractivity contribution in [2.75, 3.05) is 19.6 Å². The van der Waals surface area contributed by atoms with Crippen molar-refractivity contribution in [3.8, 4) is 0 Å². The van der Waals surface area contributed by atoms with Crippen molar-refractivity contribution in [3.63, 3.8) is 0 Å². The van der Waals surface area contributed by atoms with E-state index in [4.69, 9.17) is 5.73 Å². The van der Waals surface area contributed by atoms with Crippen LogP contribution in [0.1, 0.15) is 44.9 Å². The predicted molar refractivity (Wildman–Crippen MR) is 60.2 cm³/mol. The van der Waals surface area contributed by atoms with E-state index in [9.17, 15) is 0 Å². The fourth-order valence-corrected chi connectivity index (χ4v) is 2.69. The van der Waals surface area contributed by atoms with Gasteiger partial charge in [0.05, 0.1) is 0 Å². The molecule has 14 heavy (non-hydrogen) atoms. The van der Waals surface area contributed by atoms with Crippen LogP contribution in [-0.2, 0) is 0 Å². The summed E-state index contributed by atoms with van der Waals surface area (Å²) in [4.78, 5) is 2.72. The van der Waals surface area contributed by atoms with Crippen molar-refractivity contribution >= 4 is 0 Å². The summed E-state index contributed by atoms with van der Waals surface area (Å²) in [6.45, 7) is 3.60. The molecule has 2 heteroatoms.